The van der Waals surface area contributed by atoms with E-state index in [1.54, 1.807) is 0 Å². The first-order valence-electron chi connectivity index (χ1n) is 6.04. The predicted molar refractivity (Wildman–Crippen MR) is 68.2 cm³/mol. The van der Waals surface area contributed by atoms with E-state index in [1.165, 1.54) is 25.0 Å². The lowest BCUT2D eigenvalue weighted by atomic mass is 9.98. The van der Waals surface area contributed by atoms with Gasteiger partial charge in [0.05, 0.1) is 0 Å². The molecule has 1 unspecified atom stereocenters. The van der Waals surface area contributed by atoms with Gasteiger partial charge < -0.3 is 0 Å². The van der Waals surface area contributed by atoms with Gasteiger partial charge in [0.15, 0.2) is 0 Å². The summed E-state index contributed by atoms with van der Waals surface area (Å²) in [5, 5.41) is 0. The Morgan fingerprint density at radius 1 is 1.40 bits per heavy atom. The van der Waals surface area contributed by atoms with Crippen LogP contribution < -0.4 is 0 Å². The lowest BCUT2D eigenvalue weighted by Crippen LogP contribution is -2.06. The zero-order chi connectivity index (χ0) is 11.3. The Labute approximate surface area is 94.0 Å². The highest BCUT2D eigenvalue weighted by atomic mass is 14.8. The summed E-state index contributed by atoms with van der Waals surface area (Å²) in [6.45, 7) is 10.7. The maximum atomic E-state index is 4.61. The van der Waals surface area contributed by atoms with Crippen molar-refractivity contribution in [2.24, 2.45) is 16.8 Å². The highest BCUT2D eigenvalue weighted by molar-refractivity contribution is 5.97. The Bertz CT molecular complexity index is 271. The molecule has 0 aliphatic carbocycles. The minimum absolute atomic E-state index is 0.490. The minimum Gasteiger partial charge on any atom is -0.258 e. The number of aliphatic imine (C=N–C) groups is 1. The van der Waals surface area contributed by atoms with Crippen LogP contribution >= 0.6 is 0 Å². The zero-order valence-corrected chi connectivity index (χ0v) is 10.3. The van der Waals surface area contributed by atoms with Crippen molar-refractivity contribution in [1.82, 2.24) is 0 Å². The second-order valence-electron chi connectivity index (χ2n) is 4.84. The van der Waals surface area contributed by atoms with Crippen molar-refractivity contribution < 1.29 is 0 Å². The van der Waals surface area contributed by atoms with Gasteiger partial charge in [-0.05, 0) is 37.2 Å². The second-order valence-corrected chi connectivity index (χ2v) is 4.84. The molecule has 1 nitrogen and oxygen atoms in total. The van der Waals surface area contributed by atoms with Crippen LogP contribution in [0.1, 0.15) is 46.5 Å². The molecule has 1 aliphatic heterocycles. The van der Waals surface area contributed by atoms with Crippen LogP contribution in [0.25, 0.3) is 0 Å². The molecule has 0 saturated carbocycles. The molecule has 0 aromatic rings. The number of hydrogen-bond acceptors (Lipinski definition) is 1. The zero-order valence-electron chi connectivity index (χ0n) is 10.3. The fraction of sp³-hybridized carbons (Fsp3) is 0.643. The Kier molecular flexibility index (Phi) is 4.80. The third-order valence-corrected chi connectivity index (χ3v) is 2.85. The van der Waals surface area contributed by atoms with Gasteiger partial charge in [0, 0.05) is 11.4 Å². The van der Waals surface area contributed by atoms with E-state index in [9.17, 15) is 0 Å². The van der Waals surface area contributed by atoms with E-state index in [1.807, 2.05) is 0 Å². The molecular formula is C14H23N. The highest BCUT2D eigenvalue weighted by Gasteiger charge is 2.06. The Morgan fingerprint density at radius 2 is 2.13 bits per heavy atom. The molecule has 15 heavy (non-hydrogen) atoms. The first-order valence-corrected chi connectivity index (χ1v) is 6.04. The van der Waals surface area contributed by atoms with E-state index in [-0.39, 0.29) is 0 Å². The van der Waals surface area contributed by atoms with Gasteiger partial charge in [-0.25, -0.2) is 0 Å². The van der Waals surface area contributed by atoms with Gasteiger partial charge in [0.25, 0.3) is 0 Å². The quantitative estimate of drug-likeness (QED) is 0.603. The largest absolute Gasteiger partial charge is 0.258 e. The molecule has 1 aliphatic rings. The molecule has 1 heterocycles. The molecule has 1 atom stereocenters. The highest BCUT2D eigenvalue weighted by Crippen LogP contribution is 2.17. The van der Waals surface area contributed by atoms with Crippen molar-refractivity contribution in [3.05, 3.63) is 24.4 Å². The third kappa shape index (κ3) is 4.46. The van der Waals surface area contributed by atoms with Crippen LogP contribution in [0.5, 0.6) is 0 Å². The van der Waals surface area contributed by atoms with Gasteiger partial charge in [-0.2, -0.15) is 0 Å². The molecule has 0 amide bonds. The van der Waals surface area contributed by atoms with Crippen LogP contribution in [-0.4, -0.2) is 5.71 Å². The van der Waals surface area contributed by atoms with Crippen molar-refractivity contribution in [3.63, 3.8) is 0 Å². The van der Waals surface area contributed by atoms with E-state index in [2.05, 4.69) is 44.5 Å². The number of rotatable bonds is 1. The van der Waals surface area contributed by atoms with Crippen LogP contribution in [0.4, 0.5) is 0 Å². The monoisotopic (exact) mass is 205 g/mol. The molecule has 0 fully saturated rings. The standard InChI is InChI=1S/C14H23N/c1-11(2)14-10-9-12(3)7-5-6-8-13(4)15-14/h9-12H,4-8H2,1-3H3/b10-9-,15-14?. The number of allylic oxidation sites excluding steroid dienone is 3. The lowest BCUT2D eigenvalue weighted by molar-refractivity contribution is 0.578. The third-order valence-electron chi connectivity index (χ3n) is 2.85. The average molecular weight is 205 g/mol. The smallest absolute Gasteiger partial charge is 0.0428 e. The van der Waals surface area contributed by atoms with Crippen LogP contribution in [0, 0.1) is 11.8 Å². The van der Waals surface area contributed by atoms with Gasteiger partial charge in [-0.15, -0.1) is 0 Å². The summed E-state index contributed by atoms with van der Waals surface area (Å²) in [5.41, 5.74) is 2.21. The molecule has 0 radical (unpaired) electrons. The van der Waals surface area contributed by atoms with Gasteiger partial charge in [-0.1, -0.05) is 39.8 Å². The normalized spacial score (nSPS) is 26.3. The van der Waals surface area contributed by atoms with E-state index in [0.29, 0.717) is 11.8 Å². The van der Waals surface area contributed by atoms with Gasteiger partial charge in [0.1, 0.15) is 0 Å². The van der Waals surface area contributed by atoms with Crippen molar-refractivity contribution in [3.8, 4) is 0 Å². The van der Waals surface area contributed by atoms with E-state index in [4.69, 9.17) is 0 Å². The summed E-state index contributed by atoms with van der Waals surface area (Å²) < 4.78 is 0. The molecule has 1 rings (SSSR count). The van der Waals surface area contributed by atoms with Crippen LogP contribution in [-0.2, 0) is 0 Å². The average Bonchev–Trinajstić information content (AvgIpc) is 2.18. The number of hydrogen-bond donors (Lipinski definition) is 0. The SMILES string of the molecule is C=C1CCCCC(C)/C=C\C(C(C)C)=N1. The molecule has 0 bridgehead atoms. The molecule has 0 saturated heterocycles. The van der Waals surface area contributed by atoms with Crippen molar-refractivity contribution >= 4 is 5.71 Å². The fourth-order valence-corrected chi connectivity index (χ4v) is 1.75. The van der Waals surface area contributed by atoms with Crippen LogP contribution in [0.15, 0.2) is 29.4 Å². The molecule has 84 valence electrons. The van der Waals surface area contributed by atoms with E-state index in [0.717, 1.165) is 12.1 Å². The van der Waals surface area contributed by atoms with Crippen LogP contribution in [0.2, 0.25) is 0 Å². The molecule has 1 heteroatoms. The minimum atomic E-state index is 0.490. The van der Waals surface area contributed by atoms with Gasteiger partial charge in [-0.3, -0.25) is 4.99 Å². The van der Waals surface area contributed by atoms with Crippen molar-refractivity contribution in [2.75, 3.05) is 0 Å². The first-order chi connectivity index (χ1) is 7.09. The summed E-state index contributed by atoms with van der Waals surface area (Å²) in [5.74, 6) is 1.17. The fourth-order valence-electron chi connectivity index (χ4n) is 1.75. The Morgan fingerprint density at radius 3 is 2.80 bits per heavy atom. The summed E-state index contributed by atoms with van der Waals surface area (Å²) in [7, 11) is 0. The first kappa shape index (κ1) is 12.2. The summed E-state index contributed by atoms with van der Waals surface area (Å²) >= 11 is 0. The summed E-state index contributed by atoms with van der Waals surface area (Å²) in [6, 6.07) is 0. The Balaban J connectivity index is 2.82. The molecule has 0 N–H and O–H groups in total. The molecule has 0 aromatic heterocycles. The van der Waals surface area contributed by atoms with Crippen LogP contribution in [0.3, 0.4) is 0 Å². The topological polar surface area (TPSA) is 12.4 Å². The molecule has 0 aromatic carbocycles. The van der Waals surface area contributed by atoms with Gasteiger partial charge >= 0.3 is 0 Å². The lowest BCUT2D eigenvalue weighted by Gasteiger charge is -2.12. The maximum absolute atomic E-state index is 4.61. The summed E-state index contributed by atoms with van der Waals surface area (Å²) in [4.78, 5) is 4.61. The molecular weight excluding hydrogens is 182 g/mol. The van der Waals surface area contributed by atoms with E-state index < -0.39 is 0 Å². The van der Waals surface area contributed by atoms with E-state index >= 15 is 0 Å². The predicted octanol–water partition coefficient (Wildman–Crippen LogP) is 4.36. The second kappa shape index (κ2) is 5.89. The Hall–Kier alpha value is -0.850. The molecule has 0 spiro atoms. The number of nitrogens with zero attached hydrogens (tertiary/aromatic N) is 1. The summed E-state index contributed by atoms with van der Waals surface area (Å²) in [6.07, 6.45) is 9.33. The van der Waals surface area contributed by atoms with Crippen molar-refractivity contribution in [1.29, 1.82) is 0 Å². The van der Waals surface area contributed by atoms with Gasteiger partial charge in [0.2, 0.25) is 0 Å². The maximum Gasteiger partial charge on any atom is 0.0428 e. The van der Waals surface area contributed by atoms with Crippen molar-refractivity contribution in [2.45, 2.75) is 46.5 Å².